The molecule has 0 unspecified atom stereocenters. The number of piperidine rings is 1. The summed E-state index contributed by atoms with van der Waals surface area (Å²) in [6.07, 6.45) is 5.99. The lowest BCUT2D eigenvalue weighted by Crippen LogP contribution is -2.26. The quantitative estimate of drug-likeness (QED) is 0.476. The summed E-state index contributed by atoms with van der Waals surface area (Å²) in [6, 6.07) is 6.95. The number of hydrogen-bond donors (Lipinski definition) is 2. The lowest BCUT2D eigenvalue weighted by Gasteiger charge is -2.23. The van der Waals surface area contributed by atoms with Gasteiger partial charge in [-0.25, -0.2) is 9.50 Å². The number of H-pyrrole nitrogens is 1. The maximum atomic E-state index is 6.64. The maximum absolute atomic E-state index is 6.64. The summed E-state index contributed by atoms with van der Waals surface area (Å²) in [5.41, 5.74) is 7.91. The minimum absolute atomic E-state index is 0.381. The number of aromatic amines is 1. The molecule has 1 aliphatic heterocycles. The molecule has 5 rings (SSSR count). The van der Waals surface area contributed by atoms with Gasteiger partial charge in [-0.2, -0.15) is 5.10 Å². The number of rotatable bonds is 3. The summed E-state index contributed by atoms with van der Waals surface area (Å²) in [7, 11) is 0. The highest BCUT2D eigenvalue weighted by Crippen LogP contribution is 2.40. The highest BCUT2D eigenvalue weighted by molar-refractivity contribution is 6.34. The number of pyridine rings is 1. The molecule has 0 atom stereocenters. The van der Waals surface area contributed by atoms with Crippen molar-refractivity contribution in [2.45, 2.75) is 45.4 Å². The molecule has 2 N–H and O–H groups in total. The Labute approximate surface area is 175 Å². The smallest absolute Gasteiger partial charge is 0.174 e. The van der Waals surface area contributed by atoms with Crippen LogP contribution in [0.1, 0.15) is 55.2 Å². The molecule has 1 fully saturated rings. The monoisotopic (exact) mass is 407 g/mol. The summed E-state index contributed by atoms with van der Waals surface area (Å²) < 4.78 is 1.76. The topological polar surface area (TPSA) is 58.0 Å². The molecule has 0 amide bonds. The summed E-state index contributed by atoms with van der Waals surface area (Å²) in [5, 5.41) is 9.76. The molecule has 1 saturated heterocycles. The van der Waals surface area contributed by atoms with Crippen molar-refractivity contribution in [2.75, 3.05) is 13.1 Å². The normalized spacial score (nSPS) is 15.8. The van der Waals surface area contributed by atoms with E-state index in [4.69, 9.17) is 11.6 Å². The van der Waals surface area contributed by atoms with E-state index < -0.39 is 0 Å². The van der Waals surface area contributed by atoms with Crippen LogP contribution in [0, 0.1) is 6.92 Å². The molecule has 1 aromatic carbocycles. The van der Waals surface area contributed by atoms with Crippen molar-refractivity contribution in [2.24, 2.45) is 0 Å². The molecule has 6 heteroatoms. The van der Waals surface area contributed by atoms with Gasteiger partial charge in [0.2, 0.25) is 0 Å². The lowest BCUT2D eigenvalue weighted by atomic mass is 9.88. The number of fused-ring (bicyclic) bond motifs is 2. The SMILES string of the molecule is Cc1c(-c2[nH]c3ccc(C4CCNCC4)cc3c2C(C)C)cn2ncnc2c1Cl. The molecule has 4 heterocycles. The molecule has 1 aliphatic rings. The van der Waals surface area contributed by atoms with E-state index in [1.165, 1.54) is 34.9 Å². The molecule has 0 saturated carbocycles. The van der Waals surface area contributed by atoms with Crippen LogP contribution in [0.4, 0.5) is 0 Å². The van der Waals surface area contributed by atoms with Crippen LogP contribution in [0.3, 0.4) is 0 Å². The van der Waals surface area contributed by atoms with E-state index in [1.807, 2.05) is 6.20 Å². The second-order valence-corrected chi connectivity index (χ2v) is 8.79. The first-order chi connectivity index (χ1) is 14.0. The number of halogens is 1. The Bertz CT molecular complexity index is 1200. The fourth-order valence-electron chi connectivity index (χ4n) is 4.71. The van der Waals surface area contributed by atoms with Gasteiger partial charge in [0.05, 0.1) is 10.7 Å². The van der Waals surface area contributed by atoms with Gasteiger partial charge in [0, 0.05) is 22.7 Å². The van der Waals surface area contributed by atoms with Crippen molar-refractivity contribution < 1.29 is 0 Å². The fraction of sp³-hybridized carbons (Fsp3) is 0.391. The first-order valence-corrected chi connectivity index (χ1v) is 10.8. The van der Waals surface area contributed by atoms with E-state index >= 15 is 0 Å². The number of benzene rings is 1. The summed E-state index contributed by atoms with van der Waals surface area (Å²) in [6.45, 7) is 8.78. The first kappa shape index (κ1) is 18.6. The highest BCUT2D eigenvalue weighted by Gasteiger charge is 2.22. The Kier molecular flexibility index (Phi) is 4.60. The van der Waals surface area contributed by atoms with Crippen LogP contribution in [0.15, 0.2) is 30.7 Å². The maximum Gasteiger partial charge on any atom is 0.174 e. The zero-order valence-corrected chi connectivity index (χ0v) is 17.8. The second-order valence-electron chi connectivity index (χ2n) is 8.41. The summed E-state index contributed by atoms with van der Waals surface area (Å²) in [4.78, 5) is 7.97. The number of aromatic nitrogens is 4. The highest BCUT2D eigenvalue weighted by atomic mass is 35.5. The predicted octanol–water partition coefficient (Wildman–Crippen LogP) is 5.43. The zero-order valence-electron chi connectivity index (χ0n) is 17.1. The third-order valence-electron chi connectivity index (χ3n) is 6.27. The number of hydrogen-bond acceptors (Lipinski definition) is 3. The number of nitrogens with one attached hydrogen (secondary N) is 2. The molecular weight excluding hydrogens is 382 g/mol. The van der Waals surface area contributed by atoms with Crippen LogP contribution in [0.25, 0.3) is 27.8 Å². The van der Waals surface area contributed by atoms with E-state index in [-0.39, 0.29) is 0 Å². The van der Waals surface area contributed by atoms with Gasteiger partial charge in [-0.05, 0) is 73.5 Å². The first-order valence-electron chi connectivity index (χ1n) is 10.4. The Morgan fingerprint density at radius 1 is 1.21 bits per heavy atom. The molecule has 3 aromatic heterocycles. The van der Waals surface area contributed by atoms with Crippen LogP contribution >= 0.6 is 11.6 Å². The lowest BCUT2D eigenvalue weighted by molar-refractivity contribution is 0.460. The average Bonchev–Trinajstić information content (AvgIpc) is 3.35. The Morgan fingerprint density at radius 3 is 2.76 bits per heavy atom. The van der Waals surface area contributed by atoms with E-state index in [0.717, 1.165) is 29.9 Å². The van der Waals surface area contributed by atoms with Crippen LogP contribution in [-0.2, 0) is 0 Å². The molecule has 150 valence electrons. The van der Waals surface area contributed by atoms with Crippen molar-refractivity contribution in [3.8, 4) is 11.3 Å². The minimum Gasteiger partial charge on any atom is -0.354 e. The van der Waals surface area contributed by atoms with E-state index in [1.54, 1.807) is 10.8 Å². The van der Waals surface area contributed by atoms with Crippen molar-refractivity contribution in [3.63, 3.8) is 0 Å². The molecular formula is C23H26ClN5. The van der Waals surface area contributed by atoms with Crippen LogP contribution in [-0.4, -0.2) is 32.7 Å². The zero-order chi connectivity index (χ0) is 20.1. The van der Waals surface area contributed by atoms with Gasteiger partial charge in [-0.3, -0.25) is 0 Å². The van der Waals surface area contributed by atoms with Crippen molar-refractivity contribution in [1.82, 2.24) is 24.9 Å². The van der Waals surface area contributed by atoms with E-state index in [9.17, 15) is 0 Å². The third-order valence-corrected chi connectivity index (χ3v) is 6.73. The number of nitrogens with zero attached hydrogens (tertiary/aromatic N) is 3. The Hall–Kier alpha value is -2.37. The van der Waals surface area contributed by atoms with Crippen molar-refractivity contribution in [1.29, 1.82) is 0 Å². The Morgan fingerprint density at radius 2 is 2.00 bits per heavy atom. The van der Waals surface area contributed by atoms with Crippen molar-refractivity contribution >= 4 is 28.2 Å². The summed E-state index contributed by atoms with van der Waals surface area (Å²) >= 11 is 6.64. The molecule has 0 bridgehead atoms. The van der Waals surface area contributed by atoms with Gasteiger partial charge in [-0.1, -0.05) is 31.5 Å². The van der Waals surface area contributed by atoms with Gasteiger partial charge in [0.15, 0.2) is 5.65 Å². The average molecular weight is 408 g/mol. The van der Waals surface area contributed by atoms with Gasteiger partial charge in [-0.15, -0.1) is 0 Å². The minimum atomic E-state index is 0.381. The third kappa shape index (κ3) is 3.04. The standard InChI is InChI=1S/C23H26ClN5/c1-13(2)20-17-10-16(15-6-8-25-9-7-15)4-5-19(17)28-22(20)18-11-29-23(26-12-27-29)21(24)14(18)3/h4-5,10-13,15,25,28H,6-9H2,1-3H3. The van der Waals surface area contributed by atoms with Gasteiger partial charge < -0.3 is 10.3 Å². The van der Waals surface area contributed by atoms with Gasteiger partial charge in [0.1, 0.15) is 6.33 Å². The molecule has 0 spiro atoms. The molecule has 0 aliphatic carbocycles. The van der Waals surface area contributed by atoms with Crippen molar-refractivity contribution in [3.05, 3.63) is 52.4 Å². The van der Waals surface area contributed by atoms with Crippen LogP contribution in [0.5, 0.6) is 0 Å². The van der Waals surface area contributed by atoms with Crippen LogP contribution in [0.2, 0.25) is 5.02 Å². The second kappa shape index (κ2) is 7.15. The molecule has 5 nitrogen and oxygen atoms in total. The summed E-state index contributed by atoms with van der Waals surface area (Å²) in [5.74, 6) is 1.02. The van der Waals surface area contributed by atoms with E-state index in [2.05, 4.69) is 59.4 Å². The molecule has 29 heavy (non-hydrogen) atoms. The molecule has 0 radical (unpaired) electrons. The Balaban J connectivity index is 1.72. The van der Waals surface area contributed by atoms with Gasteiger partial charge >= 0.3 is 0 Å². The predicted molar refractivity (Wildman–Crippen MR) is 119 cm³/mol. The van der Waals surface area contributed by atoms with Gasteiger partial charge in [0.25, 0.3) is 0 Å². The fourth-order valence-corrected chi connectivity index (χ4v) is 4.95. The largest absolute Gasteiger partial charge is 0.354 e. The molecule has 4 aromatic rings. The van der Waals surface area contributed by atoms with E-state index in [0.29, 0.717) is 22.5 Å². The van der Waals surface area contributed by atoms with Crippen LogP contribution < -0.4 is 5.32 Å².